The standard InChI is InChI=1S/C25H31N5O9/c26-15(7-8-20(31)32)24(37)30-9-3-6-19(30)23(36)28-17(22(35)29-18(25(38)39)11-21(33)34)10-13-12-27-16-5-2-1-4-14(13)16/h1-2,4-5,12,15,17-19,27H,3,6-11,26H2,(H,28,36)(H,29,35)(H,31,32)(H,33,34)(H,38,39). The number of hydrogen-bond donors (Lipinski definition) is 7. The van der Waals surface area contributed by atoms with E-state index in [-0.39, 0.29) is 32.2 Å². The molecule has 14 nitrogen and oxygen atoms in total. The number of aromatic nitrogens is 1. The number of hydrogen-bond acceptors (Lipinski definition) is 7. The molecule has 1 aliphatic rings. The summed E-state index contributed by atoms with van der Waals surface area (Å²) in [5, 5.41) is 32.8. The van der Waals surface area contributed by atoms with Gasteiger partial charge in [0.25, 0.3) is 0 Å². The second-order valence-corrected chi connectivity index (χ2v) is 9.35. The van der Waals surface area contributed by atoms with Gasteiger partial charge in [-0.2, -0.15) is 0 Å². The van der Waals surface area contributed by atoms with Crippen LogP contribution < -0.4 is 16.4 Å². The molecule has 4 unspecified atom stereocenters. The van der Waals surface area contributed by atoms with Gasteiger partial charge in [0.1, 0.15) is 18.1 Å². The summed E-state index contributed by atoms with van der Waals surface area (Å²) in [7, 11) is 0. The molecule has 0 aliphatic carbocycles. The Hall–Kier alpha value is -4.46. The molecule has 0 bridgehead atoms. The van der Waals surface area contributed by atoms with Crippen molar-refractivity contribution in [2.75, 3.05) is 6.54 Å². The number of aliphatic carboxylic acids is 3. The molecular formula is C25H31N5O9. The third-order valence-electron chi connectivity index (χ3n) is 6.55. The van der Waals surface area contributed by atoms with Crippen LogP contribution in [0, 0.1) is 0 Å². The van der Waals surface area contributed by atoms with E-state index < -0.39 is 66.2 Å². The molecule has 14 heteroatoms. The Balaban J connectivity index is 1.81. The van der Waals surface area contributed by atoms with E-state index in [1.807, 2.05) is 12.1 Å². The first-order valence-corrected chi connectivity index (χ1v) is 12.4. The maximum Gasteiger partial charge on any atom is 0.326 e. The van der Waals surface area contributed by atoms with E-state index in [4.69, 9.17) is 15.9 Å². The maximum absolute atomic E-state index is 13.3. The number of nitrogens with two attached hydrogens (primary N) is 1. The van der Waals surface area contributed by atoms with Crippen LogP contribution in [-0.4, -0.2) is 91.5 Å². The number of carboxylic acid groups (broad SMARTS) is 3. The van der Waals surface area contributed by atoms with E-state index in [9.17, 15) is 33.9 Å². The first kappa shape index (κ1) is 29.1. The maximum atomic E-state index is 13.3. The van der Waals surface area contributed by atoms with Crippen LogP contribution in [0.4, 0.5) is 0 Å². The zero-order chi connectivity index (χ0) is 28.7. The molecule has 1 aromatic heterocycles. The fourth-order valence-corrected chi connectivity index (χ4v) is 4.56. The van der Waals surface area contributed by atoms with Crippen LogP contribution in [0.15, 0.2) is 30.5 Å². The lowest BCUT2D eigenvalue weighted by Gasteiger charge is -2.28. The van der Waals surface area contributed by atoms with Gasteiger partial charge in [0.15, 0.2) is 0 Å². The molecule has 2 heterocycles. The number of carboxylic acids is 3. The molecule has 39 heavy (non-hydrogen) atoms. The molecule has 0 spiro atoms. The Morgan fingerprint density at radius 3 is 2.41 bits per heavy atom. The molecule has 1 aromatic carbocycles. The summed E-state index contributed by atoms with van der Waals surface area (Å²) in [5.74, 6) is -6.25. The molecule has 1 fully saturated rings. The zero-order valence-corrected chi connectivity index (χ0v) is 21.0. The smallest absolute Gasteiger partial charge is 0.326 e. The van der Waals surface area contributed by atoms with Gasteiger partial charge in [-0.15, -0.1) is 0 Å². The molecule has 8 N–H and O–H groups in total. The van der Waals surface area contributed by atoms with Crippen LogP contribution in [0.5, 0.6) is 0 Å². The number of aromatic amines is 1. The topological polar surface area (TPSA) is 232 Å². The number of nitrogens with one attached hydrogen (secondary N) is 3. The summed E-state index contributed by atoms with van der Waals surface area (Å²) < 4.78 is 0. The fraction of sp³-hybridized carbons (Fsp3) is 0.440. The Bertz CT molecular complexity index is 1260. The number of nitrogens with zero attached hydrogens (tertiary/aromatic N) is 1. The van der Waals surface area contributed by atoms with Crippen molar-refractivity contribution in [1.82, 2.24) is 20.5 Å². The van der Waals surface area contributed by atoms with E-state index in [1.54, 1.807) is 18.3 Å². The number of carbonyl (C=O) groups is 6. The first-order chi connectivity index (χ1) is 18.5. The second kappa shape index (κ2) is 12.9. The molecule has 4 atom stereocenters. The van der Waals surface area contributed by atoms with Crippen molar-refractivity contribution in [3.63, 3.8) is 0 Å². The van der Waals surface area contributed by atoms with Crippen molar-refractivity contribution in [3.05, 3.63) is 36.0 Å². The lowest BCUT2D eigenvalue weighted by atomic mass is 10.0. The third kappa shape index (κ3) is 7.54. The average molecular weight is 546 g/mol. The van der Waals surface area contributed by atoms with E-state index in [0.29, 0.717) is 12.0 Å². The van der Waals surface area contributed by atoms with Crippen LogP contribution in [0.3, 0.4) is 0 Å². The molecule has 0 saturated carbocycles. The minimum atomic E-state index is -1.73. The number of rotatable bonds is 13. The summed E-state index contributed by atoms with van der Waals surface area (Å²) in [4.78, 5) is 77.1. The highest BCUT2D eigenvalue weighted by Gasteiger charge is 2.38. The first-order valence-electron chi connectivity index (χ1n) is 12.4. The Morgan fingerprint density at radius 1 is 1.03 bits per heavy atom. The zero-order valence-electron chi connectivity index (χ0n) is 21.0. The van der Waals surface area contributed by atoms with Crippen molar-refractivity contribution < 1.29 is 44.1 Å². The number of H-pyrrole nitrogens is 1. The summed E-state index contributed by atoms with van der Waals surface area (Å²) in [6.07, 6.45) is 1.07. The SMILES string of the molecule is NC(CCC(=O)O)C(=O)N1CCCC1C(=O)NC(Cc1c[nH]c2ccccc12)C(=O)NC(CC(=O)O)C(=O)O. The average Bonchev–Trinajstić information content (AvgIpc) is 3.53. The highest BCUT2D eigenvalue weighted by Crippen LogP contribution is 2.22. The minimum Gasteiger partial charge on any atom is -0.481 e. The minimum absolute atomic E-state index is 0.0558. The summed E-state index contributed by atoms with van der Waals surface area (Å²) in [6, 6.07) is 2.10. The number of fused-ring (bicyclic) bond motifs is 1. The van der Waals surface area contributed by atoms with Crippen LogP contribution in [0.2, 0.25) is 0 Å². The van der Waals surface area contributed by atoms with Gasteiger partial charge in [-0.05, 0) is 30.9 Å². The quantitative estimate of drug-likeness (QED) is 0.169. The van der Waals surface area contributed by atoms with Crippen molar-refractivity contribution in [3.8, 4) is 0 Å². The lowest BCUT2D eigenvalue weighted by Crippen LogP contribution is -2.57. The Morgan fingerprint density at radius 2 is 1.74 bits per heavy atom. The Labute approximate surface area is 222 Å². The number of benzene rings is 1. The van der Waals surface area contributed by atoms with E-state index >= 15 is 0 Å². The van der Waals surface area contributed by atoms with Crippen molar-refractivity contribution in [1.29, 1.82) is 0 Å². The number of likely N-dealkylation sites (tertiary alicyclic amines) is 1. The molecule has 1 saturated heterocycles. The van der Waals surface area contributed by atoms with Gasteiger partial charge < -0.3 is 41.6 Å². The molecular weight excluding hydrogens is 514 g/mol. The van der Waals surface area contributed by atoms with Crippen LogP contribution in [-0.2, 0) is 35.2 Å². The molecule has 210 valence electrons. The number of amides is 3. The normalized spacial score (nSPS) is 17.3. The monoisotopic (exact) mass is 545 g/mol. The molecule has 1 aliphatic heterocycles. The fourth-order valence-electron chi connectivity index (χ4n) is 4.56. The summed E-state index contributed by atoms with van der Waals surface area (Å²) >= 11 is 0. The van der Waals surface area contributed by atoms with Gasteiger partial charge in [0.2, 0.25) is 17.7 Å². The Kier molecular flexibility index (Phi) is 9.60. The van der Waals surface area contributed by atoms with Gasteiger partial charge in [-0.25, -0.2) is 4.79 Å². The predicted molar refractivity (Wildman–Crippen MR) is 135 cm³/mol. The summed E-state index contributed by atoms with van der Waals surface area (Å²) in [5.41, 5.74) is 7.28. The van der Waals surface area contributed by atoms with Gasteiger partial charge in [0.05, 0.1) is 12.5 Å². The van der Waals surface area contributed by atoms with Crippen LogP contribution >= 0.6 is 0 Å². The van der Waals surface area contributed by atoms with Gasteiger partial charge >= 0.3 is 17.9 Å². The van der Waals surface area contributed by atoms with Gasteiger partial charge in [-0.1, -0.05) is 18.2 Å². The molecule has 0 radical (unpaired) electrons. The number of carbonyl (C=O) groups excluding carboxylic acids is 3. The molecule has 3 amide bonds. The van der Waals surface area contributed by atoms with Crippen LogP contribution in [0.1, 0.15) is 37.7 Å². The lowest BCUT2D eigenvalue weighted by molar-refractivity contribution is -0.147. The van der Waals surface area contributed by atoms with Crippen molar-refractivity contribution in [2.45, 2.75) is 62.7 Å². The largest absolute Gasteiger partial charge is 0.481 e. The highest BCUT2D eigenvalue weighted by molar-refractivity contribution is 5.95. The van der Waals surface area contributed by atoms with Gasteiger partial charge in [-0.3, -0.25) is 24.0 Å². The molecule has 3 rings (SSSR count). The van der Waals surface area contributed by atoms with Gasteiger partial charge in [0, 0.05) is 36.5 Å². The van der Waals surface area contributed by atoms with E-state index in [1.165, 1.54) is 4.90 Å². The highest BCUT2D eigenvalue weighted by atomic mass is 16.4. The number of para-hydroxylation sites is 1. The van der Waals surface area contributed by atoms with E-state index in [0.717, 1.165) is 10.9 Å². The summed E-state index contributed by atoms with van der Waals surface area (Å²) in [6.45, 7) is 0.219. The van der Waals surface area contributed by atoms with Crippen molar-refractivity contribution >= 4 is 46.5 Å². The van der Waals surface area contributed by atoms with Crippen LogP contribution in [0.25, 0.3) is 10.9 Å². The third-order valence-corrected chi connectivity index (χ3v) is 6.55. The van der Waals surface area contributed by atoms with Crippen molar-refractivity contribution in [2.24, 2.45) is 5.73 Å². The van der Waals surface area contributed by atoms with E-state index in [2.05, 4.69) is 15.6 Å². The predicted octanol–water partition coefficient (Wildman–Crippen LogP) is -0.578. The second-order valence-electron chi connectivity index (χ2n) is 9.35. The molecule has 2 aromatic rings.